The number of guanidine groups is 1. The summed E-state index contributed by atoms with van der Waals surface area (Å²) in [6.07, 6.45) is 3.82. The van der Waals surface area contributed by atoms with E-state index in [4.69, 9.17) is 5.73 Å². The van der Waals surface area contributed by atoms with Gasteiger partial charge in [0.05, 0.1) is 6.54 Å². The van der Waals surface area contributed by atoms with E-state index in [2.05, 4.69) is 31.1 Å². The van der Waals surface area contributed by atoms with E-state index >= 15 is 0 Å². The standard InChI is InChI=1S/C15H23BrN4.ClH/c16-14-6-4-13(5-7-14)12-19-15(17)18-8-3-11-20-9-1-2-10-20;/h4-7H,1-3,8-12H2,(H3,17,18,19);1H. The van der Waals surface area contributed by atoms with Crippen LogP contribution in [0.25, 0.3) is 0 Å². The first-order valence-electron chi connectivity index (χ1n) is 7.24. The third-order valence-electron chi connectivity index (χ3n) is 3.50. The summed E-state index contributed by atoms with van der Waals surface area (Å²) < 4.78 is 1.08. The predicted molar refractivity (Wildman–Crippen MR) is 95.0 cm³/mol. The van der Waals surface area contributed by atoms with Crippen molar-refractivity contribution in [3.05, 3.63) is 34.3 Å². The number of halogens is 2. The topological polar surface area (TPSA) is 53.6 Å². The van der Waals surface area contributed by atoms with Crippen molar-refractivity contribution >= 4 is 34.3 Å². The van der Waals surface area contributed by atoms with Crippen LogP contribution in [0, 0.1) is 0 Å². The van der Waals surface area contributed by atoms with Crippen LogP contribution in [0.1, 0.15) is 24.8 Å². The zero-order valence-corrected chi connectivity index (χ0v) is 14.6. The Labute approximate surface area is 141 Å². The summed E-state index contributed by atoms with van der Waals surface area (Å²) in [4.78, 5) is 6.86. The van der Waals surface area contributed by atoms with Gasteiger partial charge in [-0.05, 0) is 56.6 Å². The molecular weight excluding hydrogens is 352 g/mol. The van der Waals surface area contributed by atoms with Gasteiger partial charge in [0.2, 0.25) is 0 Å². The molecule has 6 heteroatoms. The van der Waals surface area contributed by atoms with Crippen molar-refractivity contribution < 1.29 is 0 Å². The molecule has 0 saturated carbocycles. The molecule has 21 heavy (non-hydrogen) atoms. The SMILES string of the molecule is Cl.NC(=NCc1ccc(Br)cc1)NCCCN1CCCC1. The summed E-state index contributed by atoms with van der Waals surface area (Å²) in [7, 11) is 0. The Bertz CT molecular complexity index is 430. The molecule has 0 bridgehead atoms. The van der Waals surface area contributed by atoms with Gasteiger partial charge in [0, 0.05) is 11.0 Å². The molecule has 4 nitrogen and oxygen atoms in total. The molecule has 0 amide bonds. The molecule has 1 heterocycles. The molecular formula is C15H24BrClN4. The van der Waals surface area contributed by atoms with E-state index in [0.717, 1.165) is 29.5 Å². The Morgan fingerprint density at radius 3 is 2.57 bits per heavy atom. The number of rotatable bonds is 6. The van der Waals surface area contributed by atoms with E-state index in [9.17, 15) is 0 Å². The van der Waals surface area contributed by atoms with Crippen molar-refractivity contribution in [2.45, 2.75) is 25.8 Å². The summed E-state index contributed by atoms with van der Waals surface area (Å²) in [6.45, 7) is 5.19. The van der Waals surface area contributed by atoms with Crippen LogP contribution in [0.4, 0.5) is 0 Å². The largest absolute Gasteiger partial charge is 0.370 e. The molecule has 1 saturated heterocycles. The molecule has 1 aromatic carbocycles. The van der Waals surface area contributed by atoms with Crippen LogP contribution >= 0.6 is 28.3 Å². The zero-order chi connectivity index (χ0) is 14.2. The summed E-state index contributed by atoms with van der Waals surface area (Å²) >= 11 is 3.42. The quantitative estimate of drug-likeness (QED) is 0.457. The molecule has 118 valence electrons. The van der Waals surface area contributed by atoms with Crippen LogP contribution in [0.2, 0.25) is 0 Å². The molecule has 0 atom stereocenters. The van der Waals surface area contributed by atoms with E-state index in [1.54, 1.807) is 0 Å². The number of hydrogen-bond donors (Lipinski definition) is 2. The maximum Gasteiger partial charge on any atom is 0.188 e. The van der Waals surface area contributed by atoms with Crippen LogP contribution in [0.3, 0.4) is 0 Å². The minimum absolute atomic E-state index is 0. The van der Waals surface area contributed by atoms with Gasteiger partial charge in [-0.25, -0.2) is 4.99 Å². The minimum atomic E-state index is 0. The van der Waals surface area contributed by atoms with E-state index in [0.29, 0.717) is 12.5 Å². The number of likely N-dealkylation sites (tertiary alicyclic amines) is 1. The number of benzene rings is 1. The second-order valence-corrected chi connectivity index (χ2v) is 6.07. The van der Waals surface area contributed by atoms with Crippen molar-refractivity contribution in [1.82, 2.24) is 10.2 Å². The van der Waals surface area contributed by atoms with E-state index in [-0.39, 0.29) is 12.4 Å². The fraction of sp³-hybridized carbons (Fsp3) is 0.533. The van der Waals surface area contributed by atoms with Crippen molar-refractivity contribution in [3.8, 4) is 0 Å². The van der Waals surface area contributed by atoms with Gasteiger partial charge in [-0.15, -0.1) is 12.4 Å². The molecule has 2 rings (SSSR count). The lowest BCUT2D eigenvalue weighted by atomic mass is 10.2. The summed E-state index contributed by atoms with van der Waals surface area (Å²) in [5.74, 6) is 0.536. The highest BCUT2D eigenvalue weighted by Gasteiger charge is 2.09. The van der Waals surface area contributed by atoms with Gasteiger partial charge in [-0.1, -0.05) is 28.1 Å². The van der Waals surface area contributed by atoms with E-state index < -0.39 is 0 Å². The Morgan fingerprint density at radius 2 is 1.90 bits per heavy atom. The van der Waals surface area contributed by atoms with Gasteiger partial charge >= 0.3 is 0 Å². The van der Waals surface area contributed by atoms with E-state index in [1.807, 2.05) is 24.3 Å². The summed E-state index contributed by atoms with van der Waals surface area (Å²) in [5.41, 5.74) is 7.02. The first-order chi connectivity index (χ1) is 9.74. The third kappa shape index (κ3) is 7.16. The highest BCUT2D eigenvalue weighted by Crippen LogP contribution is 2.11. The van der Waals surface area contributed by atoms with Gasteiger partial charge in [0.1, 0.15) is 0 Å². The third-order valence-corrected chi connectivity index (χ3v) is 4.03. The van der Waals surface area contributed by atoms with Crippen LogP contribution in [0.15, 0.2) is 33.7 Å². The first kappa shape index (κ1) is 18.3. The molecule has 0 unspecified atom stereocenters. The molecule has 1 aliphatic heterocycles. The number of hydrogen-bond acceptors (Lipinski definition) is 2. The lowest BCUT2D eigenvalue weighted by Gasteiger charge is -2.14. The van der Waals surface area contributed by atoms with Gasteiger partial charge < -0.3 is 16.0 Å². The monoisotopic (exact) mass is 374 g/mol. The van der Waals surface area contributed by atoms with Crippen molar-refractivity contribution in [3.63, 3.8) is 0 Å². The number of aliphatic imine (C=N–C) groups is 1. The Balaban J connectivity index is 0.00000220. The Hall–Kier alpha value is -0.780. The lowest BCUT2D eigenvalue weighted by Crippen LogP contribution is -2.34. The maximum atomic E-state index is 5.86. The maximum absolute atomic E-state index is 5.86. The number of nitrogens with two attached hydrogens (primary N) is 1. The smallest absolute Gasteiger partial charge is 0.188 e. The molecule has 0 aliphatic carbocycles. The molecule has 1 aliphatic rings. The first-order valence-corrected chi connectivity index (χ1v) is 8.04. The lowest BCUT2D eigenvalue weighted by molar-refractivity contribution is 0.334. The molecule has 0 radical (unpaired) electrons. The van der Waals surface area contributed by atoms with Gasteiger partial charge in [-0.3, -0.25) is 0 Å². The molecule has 0 spiro atoms. The minimum Gasteiger partial charge on any atom is -0.370 e. The normalized spacial score (nSPS) is 15.8. The molecule has 1 aromatic rings. The average Bonchev–Trinajstić information content (AvgIpc) is 2.96. The highest BCUT2D eigenvalue weighted by molar-refractivity contribution is 9.10. The van der Waals surface area contributed by atoms with Gasteiger partial charge in [-0.2, -0.15) is 0 Å². The average molecular weight is 376 g/mol. The van der Waals surface area contributed by atoms with Crippen LogP contribution < -0.4 is 11.1 Å². The fourth-order valence-corrected chi connectivity index (χ4v) is 2.61. The van der Waals surface area contributed by atoms with Crippen molar-refractivity contribution in [2.24, 2.45) is 10.7 Å². The van der Waals surface area contributed by atoms with Gasteiger partial charge in [0.25, 0.3) is 0 Å². The predicted octanol–water partition coefficient (Wildman–Crippen LogP) is 2.76. The second-order valence-electron chi connectivity index (χ2n) is 5.16. The molecule has 3 N–H and O–H groups in total. The van der Waals surface area contributed by atoms with Crippen LogP contribution in [0.5, 0.6) is 0 Å². The highest BCUT2D eigenvalue weighted by atomic mass is 79.9. The zero-order valence-electron chi connectivity index (χ0n) is 12.2. The van der Waals surface area contributed by atoms with Gasteiger partial charge in [0.15, 0.2) is 5.96 Å². The van der Waals surface area contributed by atoms with Crippen molar-refractivity contribution in [2.75, 3.05) is 26.2 Å². The van der Waals surface area contributed by atoms with Crippen LogP contribution in [-0.2, 0) is 6.54 Å². The van der Waals surface area contributed by atoms with Crippen molar-refractivity contribution in [1.29, 1.82) is 0 Å². The second kappa shape index (κ2) is 10.0. The van der Waals surface area contributed by atoms with Crippen LogP contribution in [-0.4, -0.2) is 37.0 Å². The Kier molecular flexibility index (Phi) is 8.73. The summed E-state index contributed by atoms with van der Waals surface area (Å²) in [6, 6.07) is 8.14. The fourth-order valence-electron chi connectivity index (χ4n) is 2.35. The molecule has 1 fully saturated rings. The summed E-state index contributed by atoms with van der Waals surface area (Å²) in [5, 5.41) is 3.18. The van der Waals surface area contributed by atoms with E-state index in [1.165, 1.54) is 25.9 Å². The number of nitrogens with one attached hydrogen (secondary N) is 1. The Morgan fingerprint density at radius 1 is 1.24 bits per heavy atom. The molecule has 0 aromatic heterocycles. The number of nitrogens with zero attached hydrogens (tertiary/aromatic N) is 2.